The summed E-state index contributed by atoms with van der Waals surface area (Å²) in [5.41, 5.74) is 2.84. The summed E-state index contributed by atoms with van der Waals surface area (Å²) in [5.74, 6) is 0.981. The van der Waals surface area contributed by atoms with Crippen molar-refractivity contribution in [3.8, 4) is 5.75 Å². The van der Waals surface area contributed by atoms with E-state index < -0.39 is 0 Å². The molecule has 0 saturated carbocycles. The molecule has 6 nitrogen and oxygen atoms in total. The number of rotatable bonds is 6. The number of hydrogen-bond donors (Lipinski definition) is 0. The minimum atomic E-state index is -0.145. The number of aromatic nitrogens is 2. The zero-order valence-corrected chi connectivity index (χ0v) is 19.0. The van der Waals surface area contributed by atoms with Crippen LogP contribution < -0.4 is 4.74 Å². The molecule has 1 aliphatic rings. The van der Waals surface area contributed by atoms with Crippen LogP contribution in [0, 0.1) is 0 Å². The summed E-state index contributed by atoms with van der Waals surface area (Å²) in [6.45, 7) is 0. The summed E-state index contributed by atoms with van der Waals surface area (Å²) < 4.78 is 5.29. The number of hydrogen-bond acceptors (Lipinski definition) is 7. The molecule has 8 heteroatoms. The first-order valence-corrected chi connectivity index (χ1v) is 12.0. The smallest absolute Gasteiger partial charge is 0.253 e. The van der Waals surface area contributed by atoms with E-state index >= 15 is 0 Å². The Morgan fingerprint density at radius 1 is 1.12 bits per heavy atom. The average Bonchev–Trinajstić information content (AvgIpc) is 3.53. The molecule has 4 aromatic rings. The number of carbonyl (C=O) groups excluding carboxylic acids is 1. The number of benzene rings is 2. The van der Waals surface area contributed by atoms with E-state index in [-0.39, 0.29) is 17.7 Å². The zero-order valence-electron chi connectivity index (χ0n) is 17.3. The standard InChI is InChI=1S/C24H20N4O2S2/c1-30-17-10-8-16(9-11-17)21-13-20(22-7-4-12-31-22)27-28(21)23(29)14-32-24-18-5-2-3-6-19(18)25-15-26-24/h2-12,15,21H,13-14H2,1H3/t21-/m1/s1. The van der Waals surface area contributed by atoms with Gasteiger partial charge in [-0.3, -0.25) is 4.79 Å². The first kappa shape index (κ1) is 20.7. The van der Waals surface area contributed by atoms with E-state index in [2.05, 4.69) is 9.97 Å². The normalized spacial score (nSPS) is 15.7. The lowest BCUT2D eigenvalue weighted by molar-refractivity contribution is -0.130. The summed E-state index contributed by atoms with van der Waals surface area (Å²) in [5, 5.41) is 10.1. The molecule has 0 aliphatic carbocycles. The molecule has 1 aliphatic heterocycles. The van der Waals surface area contributed by atoms with Gasteiger partial charge in [0.25, 0.3) is 5.91 Å². The average molecular weight is 461 g/mol. The Morgan fingerprint density at radius 2 is 1.97 bits per heavy atom. The highest BCUT2D eigenvalue weighted by Gasteiger charge is 2.33. The van der Waals surface area contributed by atoms with Gasteiger partial charge in [0.05, 0.1) is 35.0 Å². The number of fused-ring (bicyclic) bond motifs is 1. The fourth-order valence-electron chi connectivity index (χ4n) is 3.71. The summed E-state index contributed by atoms with van der Waals surface area (Å²) in [6, 6.07) is 19.6. The molecule has 1 atom stereocenters. The van der Waals surface area contributed by atoms with Crippen LogP contribution in [0.25, 0.3) is 10.9 Å². The van der Waals surface area contributed by atoms with Gasteiger partial charge >= 0.3 is 0 Å². The summed E-state index contributed by atoms with van der Waals surface area (Å²) in [7, 11) is 1.65. The quantitative estimate of drug-likeness (QED) is 0.293. The maximum Gasteiger partial charge on any atom is 0.253 e. The second-order valence-electron chi connectivity index (χ2n) is 7.24. The summed E-state index contributed by atoms with van der Waals surface area (Å²) in [6.07, 6.45) is 2.22. The first-order valence-electron chi connectivity index (χ1n) is 10.1. The minimum absolute atomic E-state index is 0.0509. The molecule has 0 bridgehead atoms. The van der Waals surface area contributed by atoms with Crippen LogP contribution in [0.15, 0.2) is 82.5 Å². The van der Waals surface area contributed by atoms with Crippen LogP contribution in [0.5, 0.6) is 5.75 Å². The van der Waals surface area contributed by atoms with Gasteiger partial charge in [0.15, 0.2) is 0 Å². The van der Waals surface area contributed by atoms with Gasteiger partial charge < -0.3 is 4.74 Å². The maximum atomic E-state index is 13.3. The number of thioether (sulfide) groups is 1. The Bertz CT molecular complexity index is 1270. The molecule has 32 heavy (non-hydrogen) atoms. The van der Waals surface area contributed by atoms with Crippen LogP contribution in [0.1, 0.15) is 22.9 Å². The Hall–Kier alpha value is -3.23. The zero-order chi connectivity index (χ0) is 21.9. The first-order chi connectivity index (χ1) is 15.7. The topological polar surface area (TPSA) is 67.7 Å². The molecule has 1 amide bonds. The van der Waals surface area contributed by atoms with E-state index in [0.717, 1.165) is 37.8 Å². The number of thiophene rings is 1. The lowest BCUT2D eigenvalue weighted by Crippen LogP contribution is -2.28. The van der Waals surface area contributed by atoms with Gasteiger partial charge in [0.2, 0.25) is 0 Å². The third kappa shape index (κ3) is 4.11. The number of para-hydroxylation sites is 1. The van der Waals surface area contributed by atoms with Crippen molar-refractivity contribution in [1.82, 2.24) is 15.0 Å². The number of ether oxygens (including phenoxy) is 1. The Kier molecular flexibility index (Phi) is 5.87. The van der Waals surface area contributed by atoms with Crippen LogP contribution in [0.3, 0.4) is 0 Å². The number of amides is 1. The van der Waals surface area contributed by atoms with E-state index in [9.17, 15) is 4.79 Å². The van der Waals surface area contributed by atoms with Crippen LogP contribution in [0.2, 0.25) is 0 Å². The minimum Gasteiger partial charge on any atom is -0.497 e. The maximum absolute atomic E-state index is 13.3. The number of nitrogens with zero attached hydrogens (tertiary/aromatic N) is 4. The van der Waals surface area contributed by atoms with E-state index in [4.69, 9.17) is 9.84 Å². The second-order valence-corrected chi connectivity index (χ2v) is 9.15. The Morgan fingerprint density at radius 3 is 2.75 bits per heavy atom. The fourth-order valence-corrected chi connectivity index (χ4v) is 5.27. The van der Waals surface area contributed by atoms with Crippen molar-refractivity contribution in [3.05, 3.63) is 82.8 Å². The van der Waals surface area contributed by atoms with E-state index in [1.165, 1.54) is 18.1 Å². The van der Waals surface area contributed by atoms with E-state index in [1.807, 2.05) is 66.0 Å². The van der Waals surface area contributed by atoms with Crippen molar-refractivity contribution in [2.24, 2.45) is 5.10 Å². The fraction of sp³-hybridized carbons (Fsp3) is 0.167. The van der Waals surface area contributed by atoms with Crippen molar-refractivity contribution >= 4 is 45.6 Å². The van der Waals surface area contributed by atoms with Crippen LogP contribution in [-0.4, -0.2) is 39.5 Å². The molecule has 0 fully saturated rings. The third-order valence-corrected chi connectivity index (χ3v) is 7.22. The monoisotopic (exact) mass is 460 g/mol. The lowest BCUT2D eigenvalue weighted by atomic mass is 10.0. The van der Waals surface area contributed by atoms with Crippen LogP contribution in [0.4, 0.5) is 0 Å². The van der Waals surface area contributed by atoms with Gasteiger partial charge in [-0.2, -0.15) is 5.10 Å². The molecule has 0 radical (unpaired) electrons. The molecule has 0 spiro atoms. The molecule has 3 heterocycles. The van der Waals surface area contributed by atoms with Gasteiger partial charge in [-0.05, 0) is 35.2 Å². The largest absolute Gasteiger partial charge is 0.497 e. The molecular formula is C24H20N4O2S2. The van der Waals surface area contributed by atoms with Crippen molar-refractivity contribution < 1.29 is 9.53 Å². The van der Waals surface area contributed by atoms with Crippen LogP contribution in [-0.2, 0) is 4.79 Å². The summed E-state index contributed by atoms with van der Waals surface area (Å²) in [4.78, 5) is 23.1. The van der Waals surface area contributed by atoms with Gasteiger partial charge in [0, 0.05) is 11.8 Å². The van der Waals surface area contributed by atoms with Gasteiger partial charge in [0.1, 0.15) is 17.1 Å². The van der Waals surface area contributed by atoms with Gasteiger partial charge in [-0.25, -0.2) is 15.0 Å². The molecule has 5 rings (SSSR count). The lowest BCUT2D eigenvalue weighted by Gasteiger charge is -2.22. The van der Waals surface area contributed by atoms with Gasteiger partial charge in [-0.15, -0.1) is 11.3 Å². The van der Waals surface area contributed by atoms with Crippen molar-refractivity contribution in [3.63, 3.8) is 0 Å². The predicted molar refractivity (Wildman–Crippen MR) is 128 cm³/mol. The molecule has 0 saturated heterocycles. The van der Waals surface area contributed by atoms with Gasteiger partial charge in [-0.1, -0.05) is 48.2 Å². The highest BCUT2D eigenvalue weighted by molar-refractivity contribution is 8.00. The second kappa shape index (κ2) is 9.10. The van der Waals surface area contributed by atoms with Crippen molar-refractivity contribution in [1.29, 1.82) is 0 Å². The molecule has 2 aromatic heterocycles. The predicted octanol–water partition coefficient (Wildman–Crippen LogP) is 5.17. The number of carbonyl (C=O) groups is 1. The molecule has 0 unspecified atom stereocenters. The van der Waals surface area contributed by atoms with E-state index in [0.29, 0.717) is 6.42 Å². The molecular weight excluding hydrogens is 440 g/mol. The van der Waals surface area contributed by atoms with Crippen molar-refractivity contribution in [2.75, 3.05) is 12.9 Å². The molecule has 2 aromatic carbocycles. The number of hydrazone groups is 1. The summed E-state index contributed by atoms with van der Waals surface area (Å²) >= 11 is 3.06. The molecule has 160 valence electrons. The third-order valence-electron chi connectivity index (χ3n) is 5.31. The molecule has 0 N–H and O–H groups in total. The number of methoxy groups -OCH3 is 1. The Balaban J connectivity index is 1.40. The highest BCUT2D eigenvalue weighted by atomic mass is 32.2. The van der Waals surface area contributed by atoms with Crippen molar-refractivity contribution in [2.45, 2.75) is 17.5 Å². The highest BCUT2D eigenvalue weighted by Crippen LogP contribution is 2.35. The van der Waals surface area contributed by atoms with Crippen LogP contribution >= 0.6 is 23.1 Å². The Labute approximate surface area is 194 Å². The SMILES string of the molecule is COc1ccc([C@H]2CC(c3cccs3)=NN2C(=O)CSc2ncnc3ccccc23)cc1. The van der Waals surface area contributed by atoms with E-state index in [1.54, 1.807) is 23.5 Å².